The van der Waals surface area contributed by atoms with Gasteiger partial charge in [-0.2, -0.15) is 0 Å². The summed E-state index contributed by atoms with van der Waals surface area (Å²) in [5.41, 5.74) is 0.539. The van der Waals surface area contributed by atoms with Crippen LogP contribution in [0, 0.1) is 0 Å². The van der Waals surface area contributed by atoms with E-state index in [1.54, 1.807) is 54.6 Å². The minimum atomic E-state index is -3.64. The van der Waals surface area contributed by atoms with Gasteiger partial charge in [-0.15, -0.1) is 17.9 Å². The average molecular weight is 386 g/mol. The number of fused-ring (bicyclic) bond motifs is 1. The van der Waals surface area contributed by atoms with Crippen molar-refractivity contribution in [2.75, 3.05) is 17.9 Å². The second-order valence-electron chi connectivity index (χ2n) is 5.62. The lowest BCUT2D eigenvalue weighted by atomic mass is 10.2. The number of carbonyl (C=O) groups is 1. The summed E-state index contributed by atoms with van der Waals surface area (Å²) in [6.45, 7) is 3.97. The van der Waals surface area contributed by atoms with Crippen molar-refractivity contribution >= 4 is 43.0 Å². The van der Waals surface area contributed by atoms with Crippen LogP contribution in [0.3, 0.4) is 0 Å². The van der Waals surface area contributed by atoms with Gasteiger partial charge in [-0.1, -0.05) is 24.3 Å². The highest BCUT2D eigenvalue weighted by molar-refractivity contribution is 7.92. The number of rotatable bonds is 6. The molecule has 0 atom stereocenters. The van der Waals surface area contributed by atoms with Gasteiger partial charge in [0.05, 0.1) is 15.5 Å². The van der Waals surface area contributed by atoms with Crippen LogP contribution in [0.15, 0.2) is 72.1 Å². The first-order valence-electron chi connectivity index (χ1n) is 7.90. The molecule has 1 amide bonds. The molecule has 0 aliphatic carbocycles. The Balaban J connectivity index is 1.93. The van der Waals surface area contributed by atoms with E-state index in [0.29, 0.717) is 17.1 Å². The quantitative estimate of drug-likeness (QED) is 0.658. The number of anilines is 1. The van der Waals surface area contributed by atoms with Crippen molar-refractivity contribution in [3.8, 4) is 0 Å². The first kappa shape index (κ1) is 18.2. The van der Waals surface area contributed by atoms with Gasteiger partial charge < -0.3 is 5.32 Å². The predicted octanol–water partition coefficient (Wildman–Crippen LogP) is 3.64. The van der Waals surface area contributed by atoms with Crippen molar-refractivity contribution in [1.29, 1.82) is 0 Å². The number of nitrogens with zero attached hydrogens (tertiary/aromatic N) is 1. The molecule has 1 N–H and O–H groups in total. The number of thiophene rings is 1. The molecule has 26 heavy (non-hydrogen) atoms. The molecule has 1 heterocycles. The Morgan fingerprint density at radius 1 is 1.19 bits per heavy atom. The van der Waals surface area contributed by atoms with Gasteiger partial charge in [0.25, 0.3) is 15.9 Å². The maximum atomic E-state index is 12.8. The van der Waals surface area contributed by atoms with E-state index in [9.17, 15) is 13.2 Å². The van der Waals surface area contributed by atoms with Crippen LogP contribution in [-0.4, -0.2) is 27.9 Å². The molecular formula is C19H18N2O3S2. The molecule has 0 radical (unpaired) electrons. The van der Waals surface area contributed by atoms with Crippen molar-refractivity contribution in [1.82, 2.24) is 5.32 Å². The van der Waals surface area contributed by atoms with Gasteiger partial charge in [0, 0.05) is 18.3 Å². The van der Waals surface area contributed by atoms with E-state index < -0.39 is 10.0 Å². The second kappa shape index (κ2) is 7.31. The third-order valence-corrected chi connectivity index (χ3v) is 6.81. The molecule has 0 saturated carbocycles. The summed E-state index contributed by atoms with van der Waals surface area (Å²) in [5, 5.41) is 3.57. The lowest BCUT2D eigenvalue weighted by Gasteiger charge is -2.19. The van der Waals surface area contributed by atoms with Gasteiger partial charge in [0.1, 0.15) is 0 Å². The topological polar surface area (TPSA) is 66.5 Å². The highest BCUT2D eigenvalue weighted by atomic mass is 32.2. The average Bonchev–Trinajstić information content (AvgIpc) is 3.09. The Hall–Kier alpha value is -2.64. The minimum absolute atomic E-state index is 0.169. The smallest absolute Gasteiger partial charge is 0.264 e. The Morgan fingerprint density at radius 2 is 1.92 bits per heavy atom. The molecule has 0 spiro atoms. The van der Waals surface area contributed by atoms with Crippen LogP contribution in [0.25, 0.3) is 10.1 Å². The molecule has 1 aromatic heterocycles. The van der Waals surface area contributed by atoms with Crippen molar-refractivity contribution in [3.05, 3.63) is 72.1 Å². The summed E-state index contributed by atoms with van der Waals surface area (Å²) in [5.74, 6) is -0.169. The monoisotopic (exact) mass is 386 g/mol. The third-order valence-electron chi connectivity index (χ3n) is 3.90. The number of carbonyl (C=O) groups excluding carboxylic acids is 1. The van der Waals surface area contributed by atoms with Crippen LogP contribution in [0.1, 0.15) is 9.67 Å². The standard InChI is InChI=1S/C19H18N2O3S2/c1-3-11-20-19(22)18-13-14-12-15(9-10-17(14)25-18)21(2)26(23,24)16-7-5-4-6-8-16/h3-10,12-13H,1,11H2,2H3,(H,20,22). The Kier molecular flexibility index (Phi) is 5.11. The van der Waals surface area contributed by atoms with Gasteiger partial charge in [0.2, 0.25) is 0 Å². The van der Waals surface area contributed by atoms with E-state index in [-0.39, 0.29) is 10.8 Å². The van der Waals surface area contributed by atoms with Gasteiger partial charge in [-0.25, -0.2) is 8.42 Å². The highest BCUT2D eigenvalue weighted by Crippen LogP contribution is 2.31. The number of benzene rings is 2. The summed E-state index contributed by atoms with van der Waals surface area (Å²) in [6.07, 6.45) is 1.62. The molecule has 0 bridgehead atoms. The maximum Gasteiger partial charge on any atom is 0.264 e. The largest absolute Gasteiger partial charge is 0.348 e. The van der Waals surface area contributed by atoms with Crippen LogP contribution >= 0.6 is 11.3 Å². The molecule has 0 aliphatic heterocycles. The van der Waals surface area contributed by atoms with Gasteiger partial charge >= 0.3 is 0 Å². The van der Waals surface area contributed by atoms with Crippen LogP contribution in [0.5, 0.6) is 0 Å². The highest BCUT2D eigenvalue weighted by Gasteiger charge is 2.21. The molecular weight excluding hydrogens is 368 g/mol. The number of nitrogens with one attached hydrogen (secondary N) is 1. The van der Waals surface area contributed by atoms with E-state index in [1.807, 2.05) is 6.07 Å². The van der Waals surface area contributed by atoms with Crippen LogP contribution < -0.4 is 9.62 Å². The summed E-state index contributed by atoms with van der Waals surface area (Å²) >= 11 is 1.37. The van der Waals surface area contributed by atoms with E-state index in [2.05, 4.69) is 11.9 Å². The lowest BCUT2D eigenvalue weighted by molar-refractivity contribution is 0.0962. The van der Waals surface area contributed by atoms with Crippen molar-refractivity contribution in [3.63, 3.8) is 0 Å². The Morgan fingerprint density at radius 3 is 2.62 bits per heavy atom. The molecule has 0 fully saturated rings. The molecule has 134 valence electrons. The van der Waals surface area contributed by atoms with Crippen molar-refractivity contribution in [2.45, 2.75) is 4.90 Å². The van der Waals surface area contributed by atoms with Crippen LogP contribution in [0.2, 0.25) is 0 Å². The lowest BCUT2D eigenvalue weighted by Crippen LogP contribution is -2.26. The summed E-state index contributed by atoms with van der Waals surface area (Å²) in [6, 6.07) is 15.4. The van der Waals surface area contributed by atoms with Gasteiger partial charge in [-0.3, -0.25) is 9.10 Å². The normalized spacial score (nSPS) is 11.3. The second-order valence-corrected chi connectivity index (χ2v) is 8.67. The molecule has 0 saturated heterocycles. The number of hydrogen-bond donors (Lipinski definition) is 1. The Labute approximate surface area is 156 Å². The zero-order valence-corrected chi connectivity index (χ0v) is 15.8. The molecule has 0 unspecified atom stereocenters. The summed E-state index contributed by atoms with van der Waals surface area (Å²) in [7, 11) is -2.11. The van der Waals surface area contributed by atoms with Crippen molar-refractivity contribution < 1.29 is 13.2 Å². The Bertz CT molecular complexity index is 1060. The molecule has 2 aromatic carbocycles. The molecule has 7 heteroatoms. The summed E-state index contributed by atoms with van der Waals surface area (Å²) in [4.78, 5) is 12.9. The molecule has 5 nitrogen and oxygen atoms in total. The zero-order chi connectivity index (χ0) is 18.7. The van der Waals surface area contributed by atoms with E-state index in [1.165, 1.54) is 22.7 Å². The van der Waals surface area contributed by atoms with Gasteiger partial charge in [-0.05, 0) is 41.8 Å². The number of hydrogen-bond acceptors (Lipinski definition) is 4. The first-order chi connectivity index (χ1) is 12.4. The predicted molar refractivity (Wildman–Crippen MR) is 106 cm³/mol. The SMILES string of the molecule is C=CCNC(=O)c1cc2cc(N(C)S(=O)(=O)c3ccccc3)ccc2s1. The van der Waals surface area contributed by atoms with Gasteiger partial charge in [0.15, 0.2) is 0 Å². The summed E-state index contributed by atoms with van der Waals surface area (Å²) < 4.78 is 27.7. The van der Waals surface area contributed by atoms with Crippen LogP contribution in [0.4, 0.5) is 5.69 Å². The molecule has 3 rings (SSSR count). The van der Waals surface area contributed by atoms with Crippen molar-refractivity contribution in [2.24, 2.45) is 0 Å². The van der Waals surface area contributed by atoms with E-state index in [0.717, 1.165) is 10.1 Å². The van der Waals surface area contributed by atoms with E-state index in [4.69, 9.17) is 0 Å². The van der Waals surface area contributed by atoms with E-state index >= 15 is 0 Å². The third kappa shape index (κ3) is 3.49. The number of sulfonamides is 1. The first-order valence-corrected chi connectivity index (χ1v) is 10.2. The minimum Gasteiger partial charge on any atom is -0.348 e. The fraction of sp³-hybridized carbons (Fsp3) is 0.105. The molecule has 3 aromatic rings. The fourth-order valence-electron chi connectivity index (χ4n) is 2.48. The number of amides is 1. The fourth-order valence-corrected chi connectivity index (χ4v) is 4.65. The maximum absolute atomic E-state index is 12.8. The zero-order valence-electron chi connectivity index (χ0n) is 14.2. The molecule has 0 aliphatic rings. The van der Waals surface area contributed by atoms with Crippen LogP contribution in [-0.2, 0) is 10.0 Å².